The third kappa shape index (κ3) is 3.23. The van der Waals surface area contributed by atoms with E-state index in [9.17, 15) is 0 Å². The van der Waals surface area contributed by atoms with Crippen molar-refractivity contribution < 1.29 is 4.74 Å². The van der Waals surface area contributed by atoms with Crippen LogP contribution in [0.1, 0.15) is 29.6 Å². The number of anilines is 2. The Morgan fingerprint density at radius 2 is 1.83 bits per heavy atom. The topological polar surface area (TPSA) is 38.3 Å². The number of hydrogen-bond donors (Lipinski definition) is 0. The molecule has 152 valence electrons. The summed E-state index contributed by atoms with van der Waals surface area (Å²) < 4.78 is 5.64. The molecule has 0 bridgehead atoms. The number of rotatable bonds is 4. The van der Waals surface area contributed by atoms with Gasteiger partial charge in [-0.2, -0.15) is 0 Å². The molecule has 0 spiro atoms. The molecule has 0 amide bonds. The smallest absolute Gasteiger partial charge is 0.146 e. The number of thiophene rings is 1. The van der Waals surface area contributed by atoms with E-state index in [0.717, 1.165) is 47.0 Å². The number of fused-ring (bicyclic) bond motifs is 2. The molecule has 4 nitrogen and oxygen atoms in total. The Balaban J connectivity index is 1.72. The van der Waals surface area contributed by atoms with Crippen LogP contribution in [0.3, 0.4) is 0 Å². The van der Waals surface area contributed by atoms with Crippen molar-refractivity contribution in [3.63, 3.8) is 0 Å². The third-order valence-electron chi connectivity index (χ3n) is 5.64. The second-order valence-corrected chi connectivity index (χ2v) is 8.85. The predicted molar refractivity (Wildman–Crippen MR) is 125 cm³/mol. The van der Waals surface area contributed by atoms with Crippen LogP contribution in [0.2, 0.25) is 0 Å². The van der Waals surface area contributed by atoms with E-state index in [4.69, 9.17) is 14.7 Å². The van der Waals surface area contributed by atoms with Crippen LogP contribution in [0.5, 0.6) is 5.75 Å². The average Bonchev–Trinajstić information content (AvgIpc) is 3.09. The first kappa shape index (κ1) is 19.1. The predicted octanol–water partition coefficient (Wildman–Crippen LogP) is 6.46. The van der Waals surface area contributed by atoms with Crippen LogP contribution in [0.25, 0.3) is 21.3 Å². The zero-order valence-corrected chi connectivity index (χ0v) is 18.4. The van der Waals surface area contributed by atoms with Crippen molar-refractivity contribution in [2.24, 2.45) is 0 Å². The lowest BCUT2D eigenvalue weighted by atomic mass is 9.99. The Kier molecular flexibility index (Phi) is 4.91. The van der Waals surface area contributed by atoms with Gasteiger partial charge in [0.25, 0.3) is 0 Å². The molecule has 0 aliphatic carbocycles. The minimum Gasteiger partial charge on any atom is -0.494 e. The second kappa shape index (κ2) is 7.73. The highest BCUT2D eigenvalue weighted by atomic mass is 32.1. The Hall–Kier alpha value is -2.92. The molecule has 0 unspecified atom stereocenters. The maximum atomic E-state index is 5.64. The van der Waals surface area contributed by atoms with Gasteiger partial charge in [-0.05, 0) is 62.9 Å². The van der Waals surface area contributed by atoms with Gasteiger partial charge in [0.1, 0.15) is 22.2 Å². The summed E-state index contributed by atoms with van der Waals surface area (Å²) >= 11 is 1.75. The number of aryl methyl sites for hydroxylation is 3. The van der Waals surface area contributed by atoms with Crippen LogP contribution in [-0.4, -0.2) is 23.1 Å². The summed E-state index contributed by atoms with van der Waals surface area (Å²) in [4.78, 5) is 14.5. The lowest BCUT2D eigenvalue weighted by Crippen LogP contribution is -2.25. The zero-order valence-electron chi connectivity index (χ0n) is 17.6. The van der Waals surface area contributed by atoms with E-state index in [0.29, 0.717) is 6.61 Å². The summed E-state index contributed by atoms with van der Waals surface area (Å²) in [6.07, 6.45) is 2.25. The fourth-order valence-electron chi connectivity index (χ4n) is 4.38. The molecule has 4 aromatic rings. The molecule has 0 atom stereocenters. The lowest BCUT2D eigenvalue weighted by molar-refractivity contribution is 0.340. The minimum absolute atomic E-state index is 0.672. The molecule has 2 aromatic heterocycles. The van der Waals surface area contributed by atoms with Gasteiger partial charge in [0.15, 0.2) is 0 Å². The number of nitrogens with zero attached hydrogens (tertiary/aromatic N) is 3. The van der Waals surface area contributed by atoms with Gasteiger partial charge in [-0.15, -0.1) is 11.3 Å². The Bertz CT molecular complexity index is 1210. The molecule has 0 N–H and O–H groups in total. The highest BCUT2D eigenvalue weighted by molar-refractivity contribution is 7.19. The Morgan fingerprint density at radius 1 is 1.03 bits per heavy atom. The standard InChI is InChI=1S/C25H25N3OS/c1-4-29-20-13-11-19(12-14-20)22-16(2)30-25-23(22)24(26-17(3)27-25)28-15-7-9-18-8-5-6-10-21(18)28/h5-6,8,10-14H,4,7,9,15H2,1-3H3. The van der Waals surface area contributed by atoms with Crippen molar-refractivity contribution >= 4 is 33.1 Å². The highest BCUT2D eigenvalue weighted by Gasteiger charge is 2.25. The normalized spacial score (nSPS) is 13.5. The van der Waals surface area contributed by atoms with E-state index in [-0.39, 0.29) is 0 Å². The summed E-state index contributed by atoms with van der Waals surface area (Å²) in [7, 11) is 0. The number of benzene rings is 2. The Morgan fingerprint density at radius 3 is 2.63 bits per heavy atom. The van der Waals surface area contributed by atoms with Crippen molar-refractivity contribution in [3.05, 3.63) is 64.8 Å². The van der Waals surface area contributed by atoms with Crippen LogP contribution < -0.4 is 9.64 Å². The van der Waals surface area contributed by atoms with Crippen molar-refractivity contribution in [1.82, 2.24) is 9.97 Å². The number of hydrogen-bond acceptors (Lipinski definition) is 5. The zero-order chi connectivity index (χ0) is 20.7. The number of ether oxygens (including phenoxy) is 1. The van der Waals surface area contributed by atoms with Crippen molar-refractivity contribution in [1.29, 1.82) is 0 Å². The summed E-state index contributed by atoms with van der Waals surface area (Å²) in [6.45, 7) is 7.82. The van der Waals surface area contributed by atoms with Crippen LogP contribution >= 0.6 is 11.3 Å². The van der Waals surface area contributed by atoms with Crippen LogP contribution in [0.15, 0.2) is 48.5 Å². The second-order valence-electron chi connectivity index (χ2n) is 7.65. The summed E-state index contributed by atoms with van der Waals surface area (Å²) in [5.41, 5.74) is 5.07. The summed E-state index contributed by atoms with van der Waals surface area (Å²) in [6, 6.07) is 17.1. The molecule has 0 fully saturated rings. The quantitative estimate of drug-likeness (QED) is 0.383. The molecular formula is C25H25N3OS. The van der Waals surface area contributed by atoms with Crippen LogP contribution in [0, 0.1) is 13.8 Å². The fourth-order valence-corrected chi connectivity index (χ4v) is 5.46. The number of aromatic nitrogens is 2. The first-order chi connectivity index (χ1) is 14.7. The number of para-hydroxylation sites is 1. The van der Waals surface area contributed by atoms with Gasteiger partial charge in [0, 0.05) is 22.7 Å². The van der Waals surface area contributed by atoms with Crippen LogP contribution in [-0.2, 0) is 6.42 Å². The average molecular weight is 416 g/mol. The van der Waals surface area contributed by atoms with E-state index < -0.39 is 0 Å². The molecule has 0 saturated carbocycles. The molecule has 5 heteroatoms. The van der Waals surface area contributed by atoms with Crippen LogP contribution in [0.4, 0.5) is 11.5 Å². The maximum absolute atomic E-state index is 5.64. The monoisotopic (exact) mass is 415 g/mol. The minimum atomic E-state index is 0.672. The molecule has 1 aliphatic rings. The molecular weight excluding hydrogens is 390 g/mol. The lowest BCUT2D eigenvalue weighted by Gasteiger charge is -2.31. The van der Waals surface area contributed by atoms with E-state index in [1.54, 1.807) is 11.3 Å². The molecule has 0 radical (unpaired) electrons. The molecule has 2 aromatic carbocycles. The Labute approximate surface area is 181 Å². The van der Waals surface area contributed by atoms with E-state index in [2.05, 4.69) is 48.2 Å². The van der Waals surface area contributed by atoms with E-state index in [1.807, 2.05) is 26.0 Å². The molecule has 5 rings (SSSR count). The molecule has 3 heterocycles. The van der Waals surface area contributed by atoms with Crippen molar-refractivity contribution in [2.45, 2.75) is 33.6 Å². The van der Waals surface area contributed by atoms with E-state index >= 15 is 0 Å². The summed E-state index contributed by atoms with van der Waals surface area (Å²) in [5.74, 6) is 2.74. The first-order valence-corrected chi connectivity index (χ1v) is 11.3. The fraction of sp³-hybridized carbons (Fsp3) is 0.280. The van der Waals surface area contributed by atoms with Gasteiger partial charge in [0.05, 0.1) is 12.0 Å². The summed E-state index contributed by atoms with van der Waals surface area (Å²) in [5, 5.41) is 1.16. The van der Waals surface area contributed by atoms with Crippen molar-refractivity contribution in [2.75, 3.05) is 18.1 Å². The van der Waals surface area contributed by atoms with Gasteiger partial charge in [-0.1, -0.05) is 30.3 Å². The SMILES string of the molecule is CCOc1ccc(-c2c(C)sc3nc(C)nc(N4CCCc5ccccc54)c23)cc1. The molecule has 1 aliphatic heterocycles. The third-order valence-corrected chi connectivity index (χ3v) is 6.64. The van der Waals surface area contributed by atoms with Crippen molar-refractivity contribution in [3.8, 4) is 16.9 Å². The molecule has 0 saturated heterocycles. The highest BCUT2D eigenvalue weighted by Crippen LogP contribution is 2.44. The first-order valence-electron chi connectivity index (χ1n) is 10.5. The van der Waals surface area contributed by atoms with Gasteiger partial charge in [-0.25, -0.2) is 9.97 Å². The maximum Gasteiger partial charge on any atom is 0.146 e. The van der Waals surface area contributed by atoms with Gasteiger partial charge < -0.3 is 9.64 Å². The van der Waals surface area contributed by atoms with Gasteiger partial charge in [0.2, 0.25) is 0 Å². The van der Waals surface area contributed by atoms with E-state index in [1.165, 1.54) is 27.3 Å². The molecule has 30 heavy (non-hydrogen) atoms. The van der Waals surface area contributed by atoms with Gasteiger partial charge >= 0.3 is 0 Å². The largest absolute Gasteiger partial charge is 0.494 e. The van der Waals surface area contributed by atoms with Gasteiger partial charge in [-0.3, -0.25) is 0 Å².